The molecule has 9 rings (SSSR count). The molecule has 248 valence electrons. The summed E-state index contributed by atoms with van der Waals surface area (Å²) in [6.07, 6.45) is 0. The van der Waals surface area contributed by atoms with Crippen LogP contribution in [0.5, 0.6) is 0 Å². The first kappa shape index (κ1) is 31.5. The topological polar surface area (TPSA) is 3.24 Å². The van der Waals surface area contributed by atoms with Gasteiger partial charge in [-0.25, -0.2) is 0 Å². The Kier molecular flexibility index (Phi) is 7.90. The van der Waals surface area contributed by atoms with E-state index in [1.54, 1.807) is 0 Å². The molecule has 0 aromatic heterocycles. The van der Waals surface area contributed by atoms with E-state index in [-0.39, 0.29) is 5.41 Å². The number of nitrogens with zero attached hydrogens (tertiary/aromatic N) is 1. The zero-order chi connectivity index (χ0) is 35.1. The SMILES string of the molecule is CC1(C)c2ccccc2-c2c(-c3ccc(N(c4ccc(-c5ccccc5)cc4)c4ccc(-c5ccccc5)cc4-c4ccccc4)cc3)cccc21. The van der Waals surface area contributed by atoms with Gasteiger partial charge in [-0.15, -0.1) is 0 Å². The summed E-state index contributed by atoms with van der Waals surface area (Å²) >= 11 is 0. The zero-order valence-corrected chi connectivity index (χ0v) is 29.5. The fourth-order valence-electron chi connectivity index (χ4n) is 8.04. The van der Waals surface area contributed by atoms with Crippen LogP contribution in [-0.4, -0.2) is 0 Å². The van der Waals surface area contributed by atoms with E-state index in [0.29, 0.717) is 0 Å². The zero-order valence-electron chi connectivity index (χ0n) is 29.5. The highest BCUT2D eigenvalue weighted by molar-refractivity contribution is 5.94. The molecular formula is C51H39N. The normalized spacial score (nSPS) is 12.6. The van der Waals surface area contributed by atoms with Gasteiger partial charge in [0.05, 0.1) is 5.69 Å². The molecule has 0 atom stereocenters. The molecule has 0 heterocycles. The molecule has 0 saturated carbocycles. The Hall–Kier alpha value is -6.44. The lowest BCUT2D eigenvalue weighted by Crippen LogP contribution is -2.14. The predicted molar refractivity (Wildman–Crippen MR) is 220 cm³/mol. The molecule has 0 bridgehead atoms. The van der Waals surface area contributed by atoms with Crippen LogP contribution in [0.25, 0.3) is 55.6 Å². The monoisotopic (exact) mass is 665 g/mol. The van der Waals surface area contributed by atoms with Crippen LogP contribution < -0.4 is 4.90 Å². The molecule has 52 heavy (non-hydrogen) atoms. The first-order chi connectivity index (χ1) is 25.6. The molecule has 0 fully saturated rings. The fourth-order valence-corrected chi connectivity index (χ4v) is 8.04. The van der Waals surface area contributed by atoms with E-state index in [4.69, 9.17) is 0 Å². The van der Waals surface area contributed by atoms with Crippen molar-refractivity contribution < 1.29 is 0 Å². The second kappa shape index (κ2) is 13.0. The van der Waals surface area contributed by atoms with Crippen molar-refractivity contribution >= 4 is 17.1 Å². The van der Waals surface area contributed by atoms with E-state index in [2.05, 4.69) is 219 Å². The highest BCUT2D eigenvalue weighted by atomic mass is 15.1. The quantitative estimate of drug-likeness (QED) is 0.164. The van der Waals surface area contributed by atoms with Crippen LogP contribution in [0.4, 0.5) is 17.1 Å². The summed E-state index contributed by atoms with van der Waals surface area (Å²) in [5.74, 6) is 0. The van der Waals surface area contributed by atoms with Crippen molar-refractivity contribution in [3.63, 3.8) is 0 Å². The van der Waals surface area contributed by atoms with Gasteiger partial charge in [0.25, 0.3) is 0 Å². The second-order valence-corrected chi connectivity index (χ2v) is 14.2. The maximum Gasteiger partial charge on any atom is 0.0540 e. The van der Waals surface area contributed by atoms with Crippen molar-refractivity contribution in [3.05, 3.63) is 211 Å². The van der Waals surface area contributed by atoms with Gasteiger partial charge >= 0.3 is 0 Å². The molecule has 0 saturated heterocycles. The highest BCUT2D eigenvalue weighted by Gasteiger charge is 2.36. The van der Waals surface area contributed by atoms with Gasteiger partial charge < -0.3 is 4.90 Å². The highest BCUT2D eigenvalue weighted by Crippen LogP contribution is 2.52. The molecule has 0 spiro atoms. The van der Waals surface area contributed by atoms with Crippen LogP contribution >= 0.6 is 0 Å². The van der Waals surface area contributed by atoms with Gasteiger partial charge in [0.15, 0.2) is 0 Å². The summed E-state index contributed by atoms with van der Waals surface area (Å²) in [5, 5.41) is 0. The lowest BCUT2D eigenvalue weighted by atomic mass is 9.82. The van der Waals surface area contributed by atoms with Crippen molar-refractivity contribution in [2.24, 2.45) is 0 Å². The Bertz CT molecular complexity index is 2500. The molecule has 0 N–H and O–H groups in total. The third-order valence-electron chi connectivity index (χ3n) is 10.7. The molecule has 1 nitrogen and oxygen atoms in total. The van der Waals surface area contributed by atoms with Crippen molar-refractivity contribution in [1.82, 2.24) is 0 Å². The minimum Gasteiger partial charge on any atom is -0.310 e. The number of benzene rings is 8. The van der Waals surface area contributed by atoms with Crippen molar-refractivity contribution in [2.75, 3.05) is 4.90 Å². The maximum absolute atomic E-state index is 2.41. The van der Waals surface area contributed by atoms with Crippen LogP contribution in [0.2, 0.25) is 0 Å². The van der Waals surface area contributed by atoms with E-state index < -0.39 is 0 Å². The van der Waals surface area contributed by atoms with Gasteiger partial charge in [-0.2, -0.15) is 0 Å². The standard InChI is InChI=1S/C51H39N/c1-51(2)47-23-13-12-21-45(47)50-44(22-14-24-48(50)51)40-27-32-43(33-28-40)52(42-30-25-38(26-31-42)36-15-6-3-7-16-36)49-34-29-41(37-17-8-4-9-18-37)35-46(49)39-19-10-5-11-20-39/h3-35H,1-2H3. The predicted octanol–water partition coefficient (Wildman–Crippen LogP) is 14.1. The molecule has 0 unspecified atom stereocenters. The van der Waals surface area contributed by atoms with Gasteiger partial charge in [-0.1, -0.05) is 178 Å². The molecule has 8 aromatic rings. The Labute approximate surface area is 307 Å². The number of rotatable bonds is 7. The number of hydrogen-bond donors (Lipinski definition) is 0. The van der Waals surface area contributed by atoms with Gasteiger partial charge in [0, 0.05) is 22.4 Å². The van der Waals surface area contributed by atoms with Crippen LogP contribution in [0.3, 0.4) is 0 Å². The van der Waals surface area contributed by atoms with Crippen molar-refractivity contribution in [2.45, 2.75) is 19.3 Å². The molecule has 0 aliphatic heterocycles. The summed E-state index contributed by atoms with van der Waals surface area (Å²) in [6.45, 7) is 4.69. The fraction of sp³-hybridized carbons (Fsp3) is 0.0588. The minimum absolute atomic E-state index is 0.0374. The minimum atomic E-state index is -0.0374. The maximum atomic E-state index is 2.41. The van der Waals surface area contributed by atoms with E-state index in [0.717, 1.165) is 17.1 Å². The third-order valence-corrected chi connectivity index (χ3v) is 10.7. The third kappa shape index (κ3) is 5.52. The van der Waals surface area contributed by atoms with Gasteiger partial charge in [-0.3, -0.25) is 0 Å². The summed E-state index contributed by atoms with van der Waals surface area (Å²) in [7, 11) is 0. The first-order valence-electron chi connectivity index (χ1n) is 18.1. The summed E-state index contributed by atoms with van der Waals surface area (Å²) in [6, 6.07) is 72.7. The van der Waals surface area contributed by atoms with Crippen LogP contribution in [0.1, 0.15) is 25.0 Å². The second-order valence-electron chi connectivity index (χ2n) is 14.2. The Morgan fingerprint density at radius 2 is 0.769 bits per heavy atom. The van der Waals surface area contributed by atoms with E-state index in [1.807, 2.05) is 0 Å². The lowest BCUT2D eigenvalue weighted by Gasteiger charge is -2.29. The molecule has 1 heteroatoms. The van der Waals surface area contributed by atoms with Crippen LogP contribution in [-0.2, 0) is 5.41 Å². The number of hydrogen-bond acceptors (Lipinski definition) is 1. The summed E-state index contributed by atoms with van der Waals surface area (Å²) in [5.41, 5.74) is 18.4. The van der Waals surface area contributed by atoms with E-state index in [1.165, 1.54) is 66.8 Å². The van der Waals surface area contributed by atoms with Crippen molar-refractivity contribution in [3.8, 4) is 55.6 Å². The van der Waals surface area contributed by atoms with Crippen molar-refractivity contribution in [1.29, 1.82) is 0 Å². The Morgan fingerprint density at radius 3 is 1.40 bits per heavy atom. The first-order valence-corrected chi connectivity index (χ1v) is 18.1. The number of fused-ring (bicyclic) bond motifs is 3. The average molecular weight is 666 g/mol. The Morgan fingerprint density at radius 1 is 0.327 bits per heavy atom. The van der Waals surface area contributed by atoms with Gasteiger partial charge in [0.1, 0.15) is 0 Å². The molecule has 0 radical (unpaired) electrons. The molecule has 1 aliphatic rings. The van der Waals surface area contributed by atoms with E-state index >= 15 is 0 Å². The molecule has 8 aromatic carbocycles. The average Bonchev–Trinajstić information content (AvgIpc) is 3.46. The largest absolute Gasteiger partial charge is 0.310 e. The molecular weight excluding hydrogens is 627 g/mol. The van der Waals surface area contributed by atoms with Gasteiger partial charge in [-0.05, 0) is 97.6 Å². The summed E-state index contributed by atoms with van der Waals surface area (Å²) in [4.78, 5) is 2.41. The van der Waals surface area contributed by atoms with Gasteiger partial charge in [0.2, 0.25) is 0 Å². The van der Waals surface area contributed by atoms with Crippen LogP contribution in [0.15, 0.2) is 200 Å². The van der Waals surface area contributed by atoms with Crippen LogP contribution in [0, 0.1) is 0 Å². The summed E-state index contributed by atoms with van der Waals surface area (Å²) < 4.78 is 0. The number of anilines is 3. The molecule has 0 amide bonds. The molecule has 1 aliphatic carbocycles. The smallest absolute Gasteiger partial charge is 0.0540 e. The van der Waals surface area contributed by atoms with E-state index in [9.17, 15) is 0 Å². The lowest BCUT2D eigenvalue weighted by molar-refractivity contribution is 0.660. The Balaban J connectivity index is 1.20.